The molecule has 0 unspecified atom stereocenters. The Hall–Kier alpha value is -3.77. The third kappa shape index (κ3) is 4.50. The summed E-state index contributed by atoms with van der Waals surface area (Å²) in [7, 11) is 6.39. The van der Waals surface area contributed by atoms with Crippen molar-refractivity contribution in [3.8, 4) is 33.4 Å². The predicted octanol–water partition coefficient (Wildman–Crippen LogP) is 6.81. The zero-order valence-electron chi connectivity index (χ0n) is 19.8. The van der Waals surface area contributed by atoms with Crippen LogP contribution >= 0.6 is 11.3 Å². The Balaban J connectivity index is 1.74. The Morgan fingerprint density at radius 2 is 1.44 bits per heavy atom. The van der Waals surface area contributed by atoms with Crippen LogP contribution in [0, 0.1) is 6.92 Å². The minimum Gasteiger partial charge on any atom is -0.496 e. The Kier molecular flexibility index (Phi) is 6.89. The third-order valence-electron chi connectivity index (χ3n) is 5.69. The molecule has 4 rings (SSSR count). The lowest BCUT2D eigenvalue weighted by atomic mass is 10.0. The first-order chi connectivity index (χ1) is 16.5. The minimum absolute atomic E-state index is 0.169. The fourth-order valence-corrected chi connectivity index (χ4v) is 4.93. The number of benzene rings is 3. The van der Waals surface area contributed by atoms with Gasteiger partial charge in [0.25, 0.3) is 0 Å². The average molecular weight is 475 g/mol. The normalized spacial score (nSPS) is 11.1. The van der Waals surface area contributed by atoms with E-state index in [1.54, 1.807) is 58.0 Å². The summed E-state index contributed by atoms with van der Waals surface area (Å²) in [6, 6.07) is 17.7. The number of carbonyl (C=O) groups is 1. The van der Waals surface area contributed by atoms with Gasteiger partial charge in [0.1, 0.15) is 23.0 Å². The van der Waals surface area contributed by atoms with Gasteiger partial charge in [-0.1, -0.05) is 18.2 Å². The van der Waals surface area contributed by atoms with Crippen LogP contribution in [-0.4, -0.2) is 34.2 Å². The molecule has 34 heavy (non-hydrogen) atoms. The second kappa shape index (κ2) is 10.0. The molecule has 1 heterocycles. The molecule has 0 atom stereocenters. The quantitative estimate of drug-likeness (QED) is 0.207. The van der Waals surface area contributed by atoms with E-state index in [4.69, 9.17) is 18.9 Å². The van der Waals surface area contributed by atoms with E-state index >= 15 is 0 Å². The summed E-state index contributed by atoms with van der Waals surface area (Å²) in [6.45, 7) is 1.89. The average Bonchev–Trinajstić information content (AvgIpc) is 3.31. The highest BCUT2D eigenvalue weighted by Crippen LogP contribution is 2.41. The van der Waals surface area contributed by atoms with Crippen LogP contribution in [0.4, 0.5) is 0 Å². The van der Waals surface area contributed by atoms with Crippen molar-refractivity contribution in [3.05, 3.63) is 77.4 Å². The maximum absolute atomic E-state index is 13.0. The fraction of sp³-hybridized carbons (Fsp3) is 0.179. The number of fused-ring (bicyclic) bond motifs is 1. The molecule has 0 fully saturated rings. The predicted molar refractivity (Wildman–Crippen MR) is 138 cm³/mol. The first-order valence-corrected chi connectivity index (χ1v) is 11.5. The van der Waals surface area contributed by atoms with Gasteiger partial charge in [-0.05, 0) is 54.8 Å². The van der Waals surface area contributed by atoms with Crippen LogP contribution in [0.5, 0.6) is 23.0 Å². The molecule has 0 aliphatic carbocycles. The highest BCUT2D eigenvalue weighted by molar-refractivity contribution is 7.22. The van der Waals surface area contributed by atoms with Gasteiger partial charge in [0.05, 0.1) is 28.4 Å². The van der Waals surface area contributed by atoms with E-state index in [-0.39, 0.29) is 5.78 Å². The first kappa shape index (κ1) is 23.4. The lowest BCUT2D eigenvalue weighted by molar-refractivity contribution is 0.104. The SMILES string of the molecule is COc1cc(OC)c(-c2cc3ccccc3s2)cc1/C=C/C(=O)c1cc(OC)c(C)c(OC)c1. The van der Waals surface area contributed by atoms with Gasteiger partial charge < -0.3 is 18.9 Å². The van der Waals surface area contributed by atoms with Gasteiger partial charge in [-0.15, -0.1) is 11.3 Å². The number of hydrogen-bond acceptors (Lipinski definition) is 6. The van der Waals surface area contributed by atoms with Crippen molar-refractivity contribution in [2.45, 2.75) is 6.92 Å². The summed E-state index contributed by atoms with van der Waals surface area (Å²) < 4.78 is 23.2. The number of carbonyl (C=O) groups excluding carboxylic acids is 1. The molecule has 0 spiro atoms. The molecule has 6 heteroatoms. The van der Waals surface area contributed by atoms with E-state index in [2.05, 4.69) is 18.2 Å². The van der Waals surface area contributed by atoms with Crippen LogP contribution in [0.1, 0.15) is 21.5 Å². The molecule has 5 nitrogen and oxygen atoms in total. The molecule has 0 saturated carbocycles. The number of ketones is 1. The number of allylic oxidation sites excluding steroid dienone is 1. The van der Waals surface area contributed by atoms with Crippen LogP contribution in [0.3, 0.4) is 0 Å². The van der Waals surface area contributed by atoms with Crippen LogP contribution in [0.25, 0.3) is 26.6 Å². The van der Waals surface area contributed by atoms with Crippen molar-refractivity contribution in [2.75, 3.05) is 28.4 Å². The number of ether oxygens (including phenoxy) is 4. The van der Waals surface area contributed by atoms with Gasteiger partial charge >= 0.3 is 0 Å². The molecule has 0 aliphatic heterocycles. The largest absolute Gasteiger partial charge is 0.496 e. The van der Waals surface area contributed by atoms with Crippen LogP contribution in [0.2, 0.25) is 0 Å². The Bertz CT molecular complexity index is 1330. The standard InChI is InChI=1S/C28H26O5S/c1-17-23(30-2)13-20(14-24(17)31-3)22(29)11-10-18-12-21(26(33-5)16-25(18)32-4)28-15-19-8-6-7-9-27(19)34-28/h6-16H,1-5H3/b11-10+. The minimum atomic E-state index is -0.169. The number of hydrogen-bond donors (Lipinski definition) is 0. The van der Waals surface area contributed by atoms with Crippen molar-refractivity contribution >= 4 is 33.3 Å². The highest BCUT2D eigenvalue weighted by Gasteiger charge is 2.15. The molecular weight excluding hydrogens is 448 g/mol. The Morgan fingerprint density at radius 3 is 2.06 bits per heavy atom. The van der Waals surface area contributed by atoms with Crippen molar-refractivity contribution in [1.82, 2.24) is 0 Å². The number of methoxy groups -OCH3 is 4. The monoisotopic (exact) mass is 474 g/mol. The molecule has 0 amide bonds. The Morgan fingerprint density at radius 1 is 0.794 bits per heavy atom. The number of rotatable bonds is 8. The Labute approximate surface area is 203 Å². The van der Waals surface area contributed by atoms with Gasteiger partial charge in [-0.3, -0.25) is 4.79 Å². The molecule has 0 bridgehead atoms. The number of thiophene rings is 1. The van der Waals surface area contributed by atoms with E-state index in [9.17, 15) is 4.79 Å². The smallest absolute Gasteiger partial charge is 0.186 e. The van der Waals surface area contributed by atoms with Crippen molar-refractivity contribution in [1.29, 1.82) is 0 Å². The van der Waals surface area contributed by atoms with Gasteiger partial charge in [0.2, 0.25) is 0 Å². The summed E-state index contributed by atoms with van der Waals surface area (Å²) in [6.07, 6.45) is 3.29. The van der Waals surface area contributed by atoms with E-state index in [1.165, 1.54) is 16.2 Å². The van der Waals surface area contributed by atoms with Gasteiger partial charge in [0.15, 0.2) is 5.78 Å². The molecule has 0 radical (unpaired) electrons. The summed E-state index contributed by atoms with van der Waals surface area (Å²) in [5.74, 6) is 2.36. The van der Waals surface area contributed by atoms with Gasteiger partial charge in [-0.2, -0.15) is 0 Å². The zero-order chi connectivity index (χ0) is 24.2. The van der Waals surface area contributed by atoms with Crippen molar-refractivity contribution in [2.24, 2.45) is 0 Å². The first-order valence-electron chi connectivity index (χ1n) is 10.7. The van der Waals surface area contributed by atoms with Crippen LogP contribution < -0.4 is 18.9 Å². The highest BCUT2D eigenvalue weighted by atomic mass is 32.1. The molecule has 0 N–H and O–H groups in total. The van der Waals surface area contributed by atoms with Crippen LogP contribution in [0.15, 0.2) is 60.7 Å². The van der Waals surface area contributed by atoms with E-state index < -0.39 is 0 Å². The lowest BCUT2D eigenvalue weighted by Gasteiger charge is -2.13. The molecule has 4 aromatic rings. The molecular formula is C28H26O5S. The van der Waals surface area contributed by atoms with Crippen molar-refractivity contribution < 1.29 is 23.7 Å². The molecule has 3 aromatic carbocycles. The fourth-order valence-electron chi connectivity index (χ4n) is 3.85. The van der Waals surface area contributed by atoms with Gasteiger partial charge in [0, 0.05) is 37.9 Å². The van der Waals surface area contributed by atoms with Crippen LogP contribution in [-0.2, 0) is 0 Å². The maximum Gasteiger partial charge on any atom is 0.186 e. The zero-order valence-corrected chi connectivity index (χ0v) is 20.6. The third-order valence-corrected chi connectivity index (χ3v) is 6.84. The molecule has 0 aliphatic rings. The topological polar surface area (TPSA) is 54.0 Å². The van der Waals surface area contributed by atoms with E-state index in [1.807, 2.05) is 31.2 Å². The molecule has 0 saturated heterocycles. The summed E-state index contributed by atoms with van der Waals surface area (Å²) in [5, 5.41) is 1.18. The van der Waals surface area contributed by atoms with Gasteiger partial charge in [-0.25, -0.2) is 0 Å². The second-order valence-corrected chi connectivity index (χ2v) is 8.73. The lowest BCUT2D eigenvalue weighted by Crippen LogP contribution is -2.00. The van der Waals surface area contributed by atoms with Crippen molar-refractivity contribution in [3.63, 3.8) is 0 Å². The van der Waals surface area contributed by atoms with E-state index in [0.717, 1.165) is 21.6 Å². The summed E-state index contributed by atoms with van der Waals surface area (Å²) in [5.41, 5.74) is 3.04. The molecule has 1 aromatic heterocycles. The summed E-state index contributed by atoms with van der Waals surface area (Å²) >= 11 is 1.69. The maximum atomic E-state index is 13.0. The molecule has 174 valence electrons. The second-order valence-electron chi connectivity index (χ2n) is 7.65. The summed E-state index contributed by atoms with van der Waals surface area (Å²) in [4.78, 5) is 14.1. The van der Waals surface area contributed by atoms with E-state index in [0.29, 0.717) is 28.6 Å².